The molecule has 1 aliphatic rings. The molecule has 0 fully saturated rings. The van der Waals surface area contributed by atoms with E-state index >= 15 is 0 Å². The van der Waals surface area contributed by atoms with E-state index in [9.17, 15) is 30.0 Å². The molecule has 0 saturated heterocycles. The fraction of sp³-hybridized carbons (Fsp3) is 0.500. The summed E-state index contributed by atoms with van der Waals surface area (Å²) in [6.45, 7) is 5.29. The molecule has 0 amide bonds. The van der Waals surface area contributed by atoms with Crippen LogP contribution in [0.5, 0.6) is 11.5 Å². The predicted molar refractivity (Wildman–Crippen MR) is 116 cm³/mol. The molecule has 31 heavy (non-hydrogen) atoms. The number of fused-ring (bicyclic) bond motifs is 2. The fourth-order valence-electron chi connectivity index (χ4n) is 4.47. The molecule has 4 N–H and O–H groups in total. The normalized spacial score (nSPS) is 20.2. The van der Waals surface area contributed by atoms with E-state index in [1.54, 1.807) is 12.1 Å². The molecule has 2 aromatic carbocycles. The number of hydrogen-bond acceptors (Lipinski definition) is 7. The number of ketones is 2. The predicted octanol–water partition coefficient (Wildman–Crippen LogP) is 2.84. The van der Waals surface area contributed by atoms with Crippen LogP contribution in [0.2, 0.25) is 0 Å². The smallest absolute Gasteiger partial charge is 0.192 e. The van der Waals surface area contributed by atoms with Crippen LogP contribution in [0.1, 0.15) is 61.0 Å². The van der Waals surface area contributed by atoms with Gasteiger partial charge in [-0.15, -0.1) is 0 Å². The van der Waals surface area contributed by atoms with Crippen molar-refractivity contribution in [1.29, 1.82) is 0 Å². The maximum atomic E-state index is 13.0. The summed E-state index contributed by atoms with van der Waals surface area (Å²) >= 11 is 0. The third-order valence-electron chi connectivity index (χ3n) is 6.43. The van der Waals surface area contributed by atoms with Crippen molar-refractivity contribution in [1.82, 2.24) is 0 Å². The molecule has 0 unspecified atom stereocenters. The Hall–Kier alpha value is -2.48. The van der Waals surface area contributed by atoms with Gasteiger partial charge in [-0.05, 0) is 42.2 Å². The zero-order valence-electron chi connectivity index (χ0n) is 18.3. The molecule has 0 heterocycles. The number of phenols is 2. The second kappa shape index (κ2) is 8.94. The van der Waals surface area contributed by atoms with Gasteiger partial charge in [0, 0.05) is 19.4 Å². The van der Waals surface area contributed by atoms with Gasteiger partial charge in [0.2, 0.25) is 0 Å². The lowest BCUT2D eigenvalue weighted by atomic mass is 9.77. The number of aromatic hydroxyl groups is 2. The zero-order valence-corrected chi connectivity index (χ0v) is 18.3. The maximum Gasteiger partial charge on any atom is 0.192 e. The second-order valence-electron chi connectivity index (χ2n) is 8.51. The Morgan fingerprint density at radius 2 is 1.84 bits per heavy atom. The minimum atomic E-state index is -1.61. The minimum absolute atomic E-state index is 0.0212. The Labute approximate surface area is 181 Å². The van der Waals surface area contributed by atoms with Crippen molar-refractivity contribution in [2.75, 3.05) is 7.11 Å². The third kappa shape index (κ3) is 4.05. The van der Waals surface area contributed by atoms with Gasteiger partial charge >= 0.3 is 0 Å². The fourth-order valence-corrected chi connectivity index (χ4v) is 4.47. The van der Waals surface area contributed by atoms with Gasteiger partial charge in [-0.2, -0.15) is 0 Å². The lowest BCUT2D eigenvalue weighted by Crippen LogP contribution is -2.45. The summed E-state index contributed by atoms with van der Waals surface area (Å²) in [5, 5.41) is 42.1. The maximum absolute atomic E-state index is 13.0. The quantitative estimate of drug-likeness (QED) is 0.532. The molecule has 0 bridgehead atoms. The van der Waals surface area contributed by atoms with E-state index in [1.807, 2.05) is 19.9 Å². The van der Waals surface area contributed by atoms with Crippen LogP contribution >= 0.6 is 0 Å². The van der Waals surface area contributed by atoms with Gasteiger partial charge in [-0.1, -0.05) is 32.0 Å². The van der Waals surface area contributed by atoms with Crippen molar-refractivity contribution in [3.63, 3.8) is 0 Å². The van der Waals surface area contributed by atoms with E-state index in [1.165, 1.54) is 14.0 Å². The molecule has 2 aromatic rings. The number of phenolic OH excluding ortho intramolecular Hbond substituents is 2. The molecule has 3 rings (SSSR count). The van der Waals surface area contributed by atoms with Gasteiger partial charge in [-0.25, -0.2) is 0 Å². The summed E-state index contributed by atoms with van der Waals surface area (Å²) in [4.78, 5) is 25.5. The third-order valence-corrected chi connectivity index (χ3v) is 6.43. The van der Waals surface area contributed by atoms with Crippen LogP contribution in [0.4, 0.5) is 0 Å². The number of hydrogen-bond donors (Lipinski definition) is 4. The highest BCUT2D eigenvalue weighted by Crippen LogP contribution is 2.44. The molecule has 0 radical (unpaired) electrons. The number of Topliss-reactive ketones (excluding diaryl/α,β-unsaturated/α-hetero) is 2. The topological polar surface area (TPSA) is 124 Å². The first-order chi connectivity index (χ1) is 14.6. The van der Waals surface area contributed by atoms with E-state index in [-0.39, 0.29) is 47.0 Å². The lowest BCUT2D eigenvalue weighted by molar-refractivity contribution is -0.145. The van der Waals surface area contributed by atoms with E-state index in [0.717, 1.165) is 6.42 Å². The Morgan fingerprint density at radius 1 is 1.16 bits per heavy atom. The van der Waals surface area contributed by atoms with Crippen molar-refractivity contribution in [3.05, 3.63) is 34.9 Å². The number of carbonyl (C=O) groups is 2. The van der Waals surface area contributed by atoms with Gasteiger partial charge in [0.05, 0.1) is 17.1 Å². The standard InChI is InChI=1S/C24H30O7/c1-5-11(2)16-7-6-13-8-14-9-15(24(31-4)23(30)20(27)12(3)25)10-17(26)18(14)22(29)19(13)21(16)28/h6-8,11-12,15,20,24-25,27-29H,5,9-10H2,1-4H3/t11-,12-,15-,20+,24+/m1/s1. The SMILES string of the molecule is CC[C@@H](C)c1ccc2cc3c(c(O)c2c1O)C(=O)C[C@H]([C@H](OC)C(=O)[C@@H](O)[C@@H](C)O)C3. The monoisotopic (exact) mass is 430 g/mol. The summed E-state index contributed by atoms with van der Waals surface area (Å²) < 4.78 is 5.30. The van der Waals surface area contributed by atoms with Crippen molar-refractivity contribution >= 4 is 22.3 Å². The van der Waals surface area contributed by atoms with Crippen molar-refractivity contribution in [2.45, 2.75) is 64.3 Å². The Balaban J connectivity index is 2.06. The number of benzene rings is 2. The first-order valence-electron chi connectivity index (χ1n) is 10.6. The zero-order chi connectivity index (χ0) is 23.0. The highest BCUT2D eigenvalue weighted by Gasteiger charge is 2.39. The molecule has 7 heteroatoms. The highest BCUT2D eigenvalue weighted by molar-refractivity contribution is 6.09. The van der Waals surface area contributed by atoms with Crippen LogP contribution in [0, 0.1) is 5.92 Å². The van der Waals surface area contributed by atoms with Gasteiger partial charge < -0.3 is 25.2 Å². The molecule has 168 valence electrons. The van der Waals surface area contributed by atoms with Crippen LogP contribution in [-0.4, -0.2) is 57.4 Å². The summed E-state index contributed by atoms with van der Waals surface area (Å²) in [5.41, 5.74) is 1.42. The van der Waals surface area contributed by atoms with E-state index in [2.05, 4.69) is 0 Å². The average Bonchev–Trinajstić information content (AvgIpc) is 2.72. The van der Waals surface area contributed by atoms with Crippen LogP contribution in [0.15, 0.2) is 18.2 Å². The van der Waals surface area contributed by atoms with Crippen LogP contribution in [-0.2, 0) is 16.0 Å². The second-order valence-corrected chi connectivity index (χ2v) is 8.51. The number of ether oxygens (including phenoxy) is 1. The molecule has 5 atom stereocenters. The summed E-state index contributed by atoms with van der Waals surface area (Å²) in [7, 11) is 1.32. The molecule has 1 aliphatic carbocycles. The average molecular weight is 430 g/mol. The molecule has 0 aromatic heterocycles. The van der Waals surface area contributed by atoms with Crippen LogP contribution in [0.3, 0.4) is 0 Å². The number of aliphatic hydroxyl groups excluding tert-OH is 2. The molecular weight excluding hydrogens is 400 g/mol. The molecule has 0 saturated carbocycles. The number of methoxy groups -OCH3 is 1. The number of rotatable bonds is 7. The van der Waals surface area contributed by atoms with Crippen LogP contribution in [0.25, 0.3) is 10.8 Å². The lowest BCUT2D eigenvalue weighted by Gasteiger charge is -2.31. The Kier molecular flexibility index (Phi) is 6.69. The van der Waals surface area contributed by atoms with E-state index in [0.29, 0.717) is 16.5 Å². The molecular formula is C24H30O7. The number of aliphatic hydroxyl groups is 2. The minimum Gasteiger partial charge on any atom is -0.507 e. The van der Waals surface area contributed by atoms with Crippen molar-refractivity contribution < 1.29 is 34.8 Å². The largest absolute Gasteiger partial charge is 0.507 e. The van der Waals surface area contributed by atoms with E-state index < -0.39 is 30.0 Å². The number of carbonyl (C=O) groups excluding carboxylic acids is 2. The Morgan fingerprint density at radius 3 is 2.42 bits per heavy atom. The highest BCUT2D eigenvalue weighted by atomic mass is 16.5. The van der Waals surface area contributed by atoms with Gasteiger partial charge in [0.15, 0.2) is 11.6 Å². The Bertz CT molecular complexity index is 1010. The van der Waals surface area contributed by atoms with Crippen molar-refractivity contribution in [3.8, 4) is 11.5 Å². The van der Waals surface area contributed by atoms with E-state index in [4.69, 9.17) is 4.74 Å². The van der Waals surface area contributed by atoms with Gasteiger partial charge in [0.25, 0.3) is 0 Å². The summed E-state index contributed by atoms with van der Waals surface area (Å²) in [6, 6.07) is 5.37. The van der Waals surface area contributed by atoms with Gasteiger partial charge in [-0.3, -0.25) is 9.59 Å². The molecule has 0 aliphatic heterocycles. The summed E-state index contributed by atoms with van der Waals surface area (Å²) in [5.74, 6) is -1.76. The van der Waals surface area contributed by atoms with Gasteiger partial charge in [0.1, 0.15) is 23.7 Å². The first-order valence-corrected chi connectivity index (χ1v) is 10.6. The van der Waals surface area contributed by atoms with Crippen LogP contribution < -0.4 is 0 Å². The summed E-state index contributed by atoms with van der Waals surface area (Å²) in [6.07, 6.45) is -2.91. The molecule has 0 spiro atoms. The van der Waals surface area contributed by atoms with Crippen molar-refractivity contribution in [2.24, 2.45) is 5.92 Å². The molecule has 7 nitrogen and oxygen atoms in total. The first kappa shape index (κ1) is 23.2.